The molecular formula is C10H19N3O3. The Hall–Kier alpha value is -1.14. The zero-order chi connectivity index (χ0) is 12.0. The van der Waals surface area contributed by atoms with Crippen molar-refractivity contribution in [3.63, 3.8) is 0 Å². The molecular weight excluding hydrogens is 210 g/mol. The minimum atomic E-state index is -0.104. The van der Waals surface area contributed by atoms with Crippen LogP contribution >= 0.6 is 0 Å². The molecule has 0 saturated carbocycles. The second-order valence-electron chi connectivity index (χ2n) is 4.01. The normalized spacial score (nSPS) is 16.8. The Labute approximate surface area is 95.5 Å². The van der Waals surface area contributed by atoms with E-state index in [4.69, 9.17) is 4.74 Å². The third kappa shape index (κ3) is 4.59. The summed E-state index contributed by atoms with van der Waals surface area (Å²) in [6, 6.07) is 0. The molecule has 6 heteroatoms. The number of hydrogen-bond acceptors (Lipinski definition) is 4. The molecule has 16 heavy (non-hydrogen) atoms. The fourth-order valence-electron chi connectivity index (χ4n) is 1.33. The topological polar surface area (TPSA) is 61.9 Å². The SMILES string of the molecule is CN(C)CCOCCN1CC(=O)NCC1=O. The number of ether oxygens (including phenoxy) is 1. The second-order valence-corrected chi connectivity index (χ2v) is 4.01. The Morgan fingerprint density at radius 1 is 1.38 bits per heavy atom. The summed E-state index contributed by atoms with van der Waals surface area (Å²) in [7, 11) is 3.95. The summed E-state index contributed by atoms with van der Waals surface area (Å²) in [6.07, 6.45) is 0. The summed E-state index contributed by atoms with van der Waals surface area (Å²) >= 11 is 0. The number of amides is 2. The van der Waals surface area contributed by atoms with Gasteiger partial charge in [0.1, 0.15) is 0 Å². The first-order chi connectivity index (χ1) is 7.59. The number of nitrogens with zero attached hydrogens (tertiary/aromatic N) is 2. The van der Waals surface area contributed by atoms with Crippen molar-refractivity contribution in [2.75, 3.05) is 53.5 Å². The van der Waals surface area contributed by atoms with Gasteiger partial charge in [-0.25, -0.2) is 0 Å². The van der Waals surface area contributed by atoms with Gasteiger partial charge in [-0.05, 0) is 14.1 Å². The fourth-order valence-corrected chi connectivity index (χ4v) is 1.33. The highest BCUT2D eigenvalue weighted by Gasteiger charge is 2.22. The van der Waals surface area contributed by atoms with Gasteiger partial charge in [0.25, 0.3) is 0 Å². The highest BCUT2D eigenvalue weighted by Crippen LogP contribution is 1.95. The van der Waals surface area contributed by atoms with E-state index in [1.165, 1.54) is 4.90 Å². The van der Waals surface area contributed by atoms with Crippen molar-refractivity contribution in [3.8, 4) is 0 Å². The third-order valence-corrected chi connectivity index (χ3v) is 2.31. The first-order valence-electron chi connectivity index (χ1n) is 5.36. The molecule has 1 saturated heterocycles. The van der Waals surface area contributed by atoms with Crippen LogP contribution in [0.3, 0.4) is 0 Å². The van der Waals surface area contributed by atoms with E-state index in [2.05, 4.69) is 5.32 Å². The molecule has 6 nitrogen and oxygen atoms in total. The van der Waals surface area contributed by atoms with Crippen LogP contribution in [0.2, 0.25) is 0 Å². The number of carbonyl (C=O) groups is 2. The van der Waals surface area contributed by atoms with Crippen LogP contribution in [-0.4, -0.2) is 75.1 Å². The zero-order valence-corrected chi connectivity index (χ0v) is 9.86. The monoisotopic (exact) mass is 229 g/mol. The smallest absolute Gasteiger partial charge is 0.242 e. The zero-order valence-electron chi connectivity index (χ0n) is 9.86. The van der Waals surface area contributed by atoms with Crippen LogP contribution in [0.1, 0.15) is 0 Å². The quantitative estimate of drug-likeness (QED) is 0.564. The highest BCUT2D eigenvalue weighted by atomic mass is 16.5. The third-order valence-electron chi connectivity index (χ3n) is 2.31. The number of likely N-dealkylation sites (N-methyl/N-ethyl adjacent to an activating group) is 1. The molecule has 1 aliphatic rings. The summed E-state index contributed by atoms with van der Waals surface area (Å²) in [6.45, 7) is 2.72. The molecule has 92 valence electrons. The van der Waals surface area contributed by atoms with Gasteiger partial charge in [0.05, 0.1) is 26.3 Å². The van der Waals surface area contributed by atoms with Crippen molar-refractivity contribution in [2.45, 2.75) is 0 Å². The minimum absolute atomic E-state index is 0.0455. The van der Waals surface area contributed by atoms with Gasteiger partial charge in [-0.2, -0.15) is 0 Å². The van der Waals surface area contributed by atoms with E-state index in [0.29, 0.717) is 19.8 Å². The molecule has 0 aromatic carbocycles. The first-order valence-corrected chi connectivity index (χ1v) is 5.36. The average molecular weight is 229 g/mol. The molecule has 1 aliphatic heterocycles. The Kier molecular flexibility index (Phi) is 5.21. The van der Waals surface area contributed by atoms with E-state index in [-0.39, 0.29) is 24.9 Å². The standard InChI is InChI=1S/C10H19N3O3/c1-12(2)3-5-16-6-4-13-8-9(14)11-7-10(13)15/h3-8H2,1-2H3,(H,11,14). The summed E-state index contributed by atoms with van der Waals surface area (Å²) in [5, 5.41) is 2.50. The number of rotatable bonds is 6. The van der Waals surface area contributed by atoms with E-state index in [1.54, 1.807) is 0 Å². The molecule has 2 amide bonds. The van der Waals surface area contributed by atoms with Gasteiger partial charge in [-0.15, -0.1) is 0 Å². The number of hydrogen-bond donors (Lipinski definition) is 1. The van der Waals surface area contributed by atoms with E-state index >= 15 is 0 Å². The van der Waals surface area contributed by atoms with Crippen molar-refractivity contribution in [2.24, 2.45) is 0 Å². The summed E-state index contributed by atoms with van der Waals surface area (Å²) < 4.78 is 5.36. The molecule has 0 aromatic heterocycles. The van der Waals surface area contributed by atoms with E-state index < -0.39 is 0 Å². The lowest BCUT2D eigenvalue weighted by Crippen LogP contribution is -2.52. The molecule has 0 radical (unpaired) electrons. The fraction of sp³-hybridized carbons (Fsp3) is 0.800. The lowest BCUT2D eigenvalue weighted by molar-refractivity contribution is -0.141. The van der Waals surface area contributed by atoms with Crippen LogP contribution in [0.15, 0.2) is 0 Å². The summed E-state index contributed by atoms with van der Waals surface area (Å²) in [5.74, 6) is -0.149. The lowest BCUT2D eigenvalue weighted by Gasteiger charge is -2.26. The van der Waals surface area contributed by atoms with Gasteiger partial charge in [0, 0.05) is 13.1 Å². The number of carbonyl (C=O) groups excluding carboxylic acids is 2. The average Bonchev–Trinajstić information content (AvgIpc) is 2.22. The van der Waals surface area contributed by atoms with E-state index in [1.807, 2.05) is 19.0 Å². The van der Waals surface area contributed by atoms with Crippen LogP contribution in [0.4, 0.5) is 0 Å². The predicted octanol–water partition coefficient (Wildman–Crippen LogP) is -1.48. The van der Waals surface area contributed by atoms with Crippen LogP contribution in [0, 0.1) is 0 Å². The van der Waals surface area contributed by atoms with Gasteiger partial charge in [-0.3, -0.25) is 9.59 Å². The maximum atomic E-state index is 11.4. The van der Waals surface area contributed by atoms with E-state index in [9.17, 15) is 9.59 Å². The molecule has 1 rings (SSSR count). The van der Waals surface area contributed by atoms with Gasteiger partial charge in [-0.1, -0.05) is 0 Å². The maximum absolute atomic E-state index is 11.4. The minimum Gasteiger partial charge on any atom is -0.378 e. The Balaban J connectivity index is 2.11. The van der Waals surface area contributed by atoms with Gasteiger partial charge in [0.15, 0.2) is 0 Å². The Morgan fingerprint density at radius 3 is 2.81 bits per heavy atom. The van der Waals surface area contributed by atoms with Crippen LogP contribution < -0.4 is 5.32 Å². The van der Waals surface area contributed by atoms with Gasteiger partial charge in [0.2, 0.25) is 11.8 Å². The molecule has 1 N–H and O–H groups in total. The maximum Gasteiger partial charge on any atom is 0.242 e. The lowest BCUT2D eigenvalue weighted by atomic mass is 10.3. The molecule has 1 heterocycles. The largest absolute Gasteiger partial charge is 0.378 e. The molecule has 0 unspecified atom stereocenters. The van der Waals surface area contributed by atoms with Crippen molar-refractivity contribution in [3.05, 3.63) is 0 Å². The van der Waals surface area contributed by atoms with Crippen LogP contribution in [-0.2, 0) is 14.3 Å². The van der Waals surface area contributed by atoms with Crippen LogP contribution in [0.25, 0.3) is 0 Å². The molecule has 0 aliphatic carbocycles. The van der Waals surface area contributed by atoms with Crippen molar-refractivity contribution in [1.29, 1.82) is 0 Å². The molecule has 0 aromatic rings. The van der Waals surface area contributed by atoms with Gasteiger partial charge < -0.3 is 19.9 Å². The van der Waals surface area contributed by atoms with Gasteiger partial charge >= 0.3 is 0 Å². The van der Waals surface area contributed by atoms with Crippen LogP contribution in [0.5, 0.6) is 0 Å². The van der Waals surface area contributed by atoms with Crippen molar-refractivity contribution < 1.29 is 14.3 Å². The van der Waals surface area contributed by atoms with Crippen molar-refractivity contribution in [1.82, 2.24) is 15.1 Å². The summed E-state index contributed by atoms with van der Waals surface area (Å²) in [4.78, 5) is 26.0. The number of nitrogens with one attached hydrogen (secondary N) is 1. The Morgan fingerprint density at radius 2 is 2.12 bits per heavy atom. The van der Waals surface area contributed by atoms with E-state index in [0.717, 1.165) is 6.54 Å². The summed E-state index contributed by atoms with van der Waals surface area (Å²) in [5.41, 5.74) is 0. The second kappa shape index (κ2) is 6.44. The molecule has 1 fully saturated rings. The molecule has 0 atom stereocenters. The predicted molar refractivity (Wildman–Crippen MR) is 59.0 cm³/mol. The first kappa shape index (κ1) is 12.9. The van der Waals surface area contributed by atoms with Crippen molar-refractivity contribution >= 4 is 11.8 Å². The number of piperazine rings is 1. The highest BCUT2D eigenvalue weighted by molar-refractivity contribution is 5.92. The molecule has 0 spiro atoms. The molecule has 0 bridgehead atoms. The Bertz CT molecular complexity index is 256.